The van der Waals surface area contributed by atoms with E-state index in [0.29, 0.717) is 18.2 Å². The van der Waals surface area contributed by atoms with E-state index in [2.05, 4.69) is 12.2 Å². The van der Waals surface area contributed by atoms with E-state index in [9.17, 15) is 4.79 Å². The van der Waals surface area contributed by atoms with Gasteiger partial charge in [0.05, 0.1) is 5.54 Å². The van der Waals surface area contributed by atoms with Crippen LogP contribution < -0.4 is 5.32 Å². The summed E-state index contributed by atoms with van der Waals surface area (Å²) in [6, 6.07) is 0. The van der Waals surface area contributed by atoms with Gasteiger partial charge in [-0.15, -0.1) is 11.6 Å². The molecule has 2 nitrogen and oxygen atoms in total. The van der Waals surface area contributed by atoms with E-state index in [1.165, 1.54) is 25.7 Å². The van der Waals surface area contributed by atoms with E-state index < -0.39 is 0 Å². The Labute approximate surface area is 97.8 Å². The van der Waals surface area contributed by atoms with E-state index in [-0.39, 0.29) is 11.4 Å². The van der Waals surface area contributed by atoms with Gasteiger partial charge < -0.3 is 5.32 Å². The molecular weight excluding hydrogens is 210 g/mol. The monoisotopic (exact) mass is 231 g/mol. The summed E-state index contributed by atoms with van der Waals surface area (Å²) in [5, 5.41) is 3.05. The predicted molar refractivity (Wildman–Crippen MR) is 64.1 cm³/mol. The van der Waals surface area contributed by atoms with Crippen molar-refractivity contribution in [2.45, 2.75) is 57.9 Å². The summed E-state index contributed by atoms with van der Waals surface area (Å²) < 4.78 is 0. The molecule has 1 aliphatic rings. The number of amides is 1. The molecule has 1 unspecified atom stereocenters. The average molecular weight is 232 g/mol. The van der Waals surface area contributed by atoms with E-state index in [1.54, 1.807) is 0 Å². The Morgan fingerprint density at radius 2 is 2.07 bits per heavy atom. The molecule has 0 radical (unpaired) electrons. The van der Waals surface area contributed by atoms with E-state index in [0.717, 1.165) is 6.42 Å². The Morgan fingerprint density at radius 3 is 2.53 bits per heavy atom. The Hall–Kier alpha value is -0.240. The molecular formula is C12H22ClNO. The number of hydrogen-bond acceptors (Lipinski definition) is 1. The molecule has 0 heterocycles. The van der Waals surface area contributed by atoms with Gasteiger partial charge in [-0.3, -0.25) is 4.79 Å². The molecule has 0 aliphatic heterocycles. The SMILES string of the molecule is CCC(C)(CCl)NC(=O)CC1CCCC1. The summed E-state index contributed by atoms with van der Waals surface area (Å²) in [5.74, 6) is 1.27. The quantitative estimate of drug-likeness (QED) is 0.724. The Bertz CT molecular complexity index is 208. The summed E-state index contributed by atoms with van der Waals surface area (Å²) in [6.45, 7) is 4.06. The number of halogens is 1. The Kier molecular flexibility index (Phi) is 4.91. The van der Waals surface area contributed by atoms with Gasteiger partial charge in [-0.2, -0.15) is 0 Å². The zero-order valence-electron chi connectivity index (χ0n) is 9.81. The average Bonchev–Trinajstić information content (AvgIpc) is 2.70. The first-order chi connectivity index (χ1) is 7.09. The zero-order valence-corrected chi connectivity index (χ0v) is 10.6. The van der Waals surface area contributed by atoms with Crippen LogP contribution >= 0.6 is 11.6 Å². The lowest BCUT2D eigenvalue weighted by Crippen LogP contribution is -2.47. The predicted octanol–water partition coefficient (Wildman–Crippen LogP) is 3.09. The Balaban J connectivity index is 2.33. The molecule has 0 saturated heterocycles. The molecule has 15 heavy (non-hydrogen) atoms. The van der Waals surface area contributed by atoms with E-state index in [1.807, 2.05) is 6.92 Å². The molecule has 1 saturated carbocycles. The minimum absolute atomic E-state index is 0.173. The lowest BCUT2D eigenvalue weighted by molar-refractivity contribution is -0.123. The molecule has 1 atom stereocenters. The molecule has 0 bridgehead atoms. The fourth-order valence-corrected chi connectivity index (χ4v) is 2.34. The zero-order chi connectivity index (χ0) is 11.3. The lowest BCUT2D eigenvalue weighted by Gasteiger charge is -2.27. The van der Waals surface area contributed by atoms with Crippen molar-refractivity contribution in [2.75, 3.05) is 5.88 Å². The highest BCUT2D eigenvalue weighted by Crippen LogP contribution is 2.27. The van der Waals surface area contributed by atoms with Crippen molar-refractivity contribution in [1.82, 2.24) is 5.32 Å². The number of alkyl halides is 1. The molecule has 0 spiro atoms. The molecule has 88 valence electrons. The maximum absolute atomic E-state index is 11.8. The molecule has 0 aromatic rings. The first-order valence-corrected chi connectivity index (χ1v) is 6.50. The number of carbonyl (C=O) groups excluding carboxylic acids is 1. The van der Waals surface area contributed by atoms with Gasteiger partial charge in [0.15, 0.2) is 0 Å². The summed E-state index contributed by atoms with van der Waals surface area (Å²) in [5.41, 5.74) is -0.225. The third-order valence-corrected chi connectivity index (χ3v) is 4.06. The molecule has 1 rings (SSSR count). The van der Waals surface area contributed by atoms with Crippen molar-refractivity contribution < 1.29 is 4.79 Å². The minimum atomic E-state index is -0.225. The van der Waals surface area contributed by atoms with Gasteiger partial charge >= 0.3 is 0 Å². The van der Waals surface area contributed by atoms with Crippen LogP contribution in [0.4, 0.5) is 0 Å². The van der Waals surface area contributed by atoms with Crippen molar-refractivity contribution in [3.63, 3.8) is 0 Å². The third-order valence-electron chi connectivity index (χ3n) is 3.47. The van der Waals surface area contributed by atoms with Crippen molar-refractivity contribution in [3.8, 4) is 0 Å². The summed E-state index contributed by atoms with van der Waals surface area (Å²) >= 11 is 5.85. The van der Waals surface area contributed by atoms with Crippen LogP contribution in [0.5, 0.6) is 0 Å². The summed E-state index contributed by atoms with van der Waals surface area (Å²) in [7, 11) is 0. The first-order valence-electron chi connectivity index (χ1n) is 5.96. The number of carbonyl (C=O) groups is 1. The molecule has 3 heteroatoms. The largest absolute Gasteiger partial charge is 0.350 e. The fraction of sp³-hybridized carbons (Fsp3) is 0.917. The summed E-state index contributed by atoms with van der Waals surface area (Å²) in [4.78, 5) is 11.8. The van der Waals surface area contributed by atoms with Crippen LogP contribution in [0.3, 0.4) is 0 Å². The second-order valence-corrected chi connectivity index (χ2v) is 5.22. The van der Waals surface area contributed by atoms with Crippen molar-refractivity contribution >= 4 is 17.5 Å². The van der Waals surface area contributed by atoms with E-state index in [4.69, 9.17) is 11.6 Å². The van der Waals surface area contributed by atoms with Crippen LogP contribution in [0.2, 0.25) is 0 Å². The van der Waals surface area contributed by atoms with Gasteiger partial charge in [-0.1, -0.05) is 19.8 Å². The van der Waals surface area contributed by atoms with Gasteiger partial charge in [0.25, 0.3) is 0 Å². The Morgan fingerprint density at radius 1 is 1.47 bits per heavy atom. The lowest BCUT2D eigenvalue weighted by atomic mass is 9.99. The second kappa shape index (κ2) is 5.74. The molecule has 1 fully saturated rings. The number of hydrogen-bond donors (Lipinski definition) is 1. The van der Waals surface area contributed by atoms with Crippen molar-refractivity contribution in [2.24, 2.45) is 5.92 Å². The van der Waals surface area contributed by atoms with Crippen molar-refractivity contribution in [3.05, 3.63) is 0 Å². The topological polar surface area (TPSA) is 29.1 Å². The van der Waals surface area contributed by atoms with Crippen molar-refractivity contribution in [1.29, 1.82) is 0 Å². The highest BCUT2D eigenvalue weighted by molar-refractivity contribution is 6.18. The molecule has 1 amide bonds. The van der Waals surface area contributed by atoms with Gasteiger partial charge in [0.2, 0.25) is 5.91 Å². The smallest absolute Gasteiger partial charge is 0.220 e. The van der Waals surface area contributed by atoms with Gasteiger partial charge in [-0.25, -0.2) is 0 Å². The van der Waals surface area contributed by atoms with Crippen LogP contribution in [0.15, 0.2) is 0 Å². The van der Waals surface area contributed by atoms with E-state index >= 15 is 0 Å². The van der Waals surface area contributed by atoms with Gasteiger partial charge in [-0.05, 0) is 32.1 Å². The van der Waals surface area contributed by atoms with Crippen LogP contribution in [0, 0.1) is 5.92 Å². The normalized spacial score (nSPS) is 21.3. The maximum Gasteiger partial charge on any atom is 0.220 e. The first kappa shape index (κ1) is 12.8. The number of rotatable bonds is 5. The highest BCUT2D eigenvalue weighted by Gasteiger charge is 2.25. The number of nitrogens with one attached hydrogen (secondary N) is 1. The van der Waals surface area contributed by atoms with Gasteiger partial charge in [0, 0.05) is 12.3 Å². The second-order valence-electron chi connectivity index (χ2n) is 4.95. The van der Waals surface area contributed by atoms with Crippen LogP contribution in [-0.4, -0.2) is 17.3 Å². The standard InChI is InChI=1S/C12H22ClNO/c1-3-12(2,9-13)14-11(15)8-10-6-4-5-7-10/h10H,3-9H2,1-2H3,(H,14,15). The fourth-order valence-electron chi connectivity index (χ4n) is 2.08. The minimum Gasteiger partial charge on any atom is -0.350 e. The molecule has 1 N–H and O–H groups in total. The molecule has 0 aromatic carbocycles. The van der Waals surface area contributed by atoms with Crippen LogP contribution in [0.25, 0.3) is 0 Å². The summed E-state index contributed by atoms with van der Waals surface area (Å²) in [6.07, 6.45) is 6.59. The van der Waals surface area contributed by atoms with Crippen LogP contribution in [0.1, 0.15) is 52.4 Å². The molecule has 1 aliphatic carbocycles. The van der Waals surface area contributed by atoms with Gasteiger partial charge in [0.1, 0.15) is 0 Å². The third kappa shape index (κ3) is 4.02. The maximum atomic E-state index is 11.8. The van der Waals surface area contributed by atoms with Crippen LogP contribution in [-0.2, 0) is 4.79 Å². The highest BCUT2D eigenvalue weighted by atomic mass is 35.5. The molecule has 0 aromatic heterocycles.